The second-order valence-electron chi connectivity index (χ2n) is 19.4. The standard InChI is InChI=1S/C35H31FNO.C32H21N2O.Ir/c1-22(2)30-18-26(24-10-6-5-7-11-24)19-31(23(3)4)35(30)27-20-32(25-14-16-28(36)17-15-25)37-33(21-27)29-12-8-9-13-34(29)38;1-19-11-13-33-28(15-19)23-17-26-25-10-9-22-8-7-21-5-3-4-6-24(21)30(22)32(25)35-31(26)27(18-23)29-16-20(2)12-14-34-29;/h5-14,16-23,38H,1-4H3;3-17H,1-2H3;/q2*-1;. The van der Waals surface area contributed by atoms with Gasteiger partial charge in [-0.25, -0.2) is 0 Å². The minimum absolute atomic E-state index is 0. The Morgan fingerprint density at radius 2 is 1.18 bits per heavy atom. The molecule has 7 heteroatoms. The van der Waals surface area contributed by atoms with Gasteiger partial charge in [-0.2, -0.15) is 0 Å². The Morgan fingerprint density at radius 3 is 1.88 bits per heavy atom. The maximum atomic E-state index is 13.7. The number of nitrogens with zero attached hydrogens (tertiary/aromatic N) is 3. The number of hydrogen-bond acceptors (Lipinski definition) is 5. The molecule has 8 aromatic carbocycles. The number of aromatic hydroxyl groups is 1. The molecule has 0 bridgehead atoms. The fraction of sp³-hybridized carbons (Fsp3) is 0.119. The molecule has 0 aliphatic rings. The molecule has 0 saturated heterocycles. The van der Waals surface area contributed by atoms with E-state index in [1.165, 1.54) is 50.7 Å². The van der Waals surface area contributed by atoms with Crippen LogP contribution in [-0.2, 0) is 20.1 Å². The van der Waals surface area contributed by atoms with Crippen LogP contribution in [-0.4, -0.2) is 20.1 Å². The Bertz CT molecular complexity index is 4000. The minimum Gasteiger partial charge on any atom is -0.507 e. The summed E-state index contributed by atoms with van der Waals surface area (Å²) in [7, 11) is 0. The molecule has 12 aromatic rings. The topological polar surface area (TPSA) is 72.0 Å². The van der Waals surface area contributed by atoms with Crippen LogP contribution in [0.25, 0.3) is 111 Å². The Labute approximate surface area is 444 Å². The first kappa shape index (κ1) is 49.5. The number of furan rings is 1. The third kappa shape index (κ3) is 9.65. The maximum Gasteiger partial charge on any atom is 0.131 e. The van der Waals surface area contributed by atoms with Gasteiger partial charge in [0.15, 0.2) is 0 Å². The van der Waals surface area contributed by atoms with Crippen LogP contribution in [0, 0.1) is 31.8 Å². The number of aromatic nitrogens is 3. The number of benzene rings is 8. The summed E-state index contributed by atoms with van der Waals surface area (Å²) >= 11 is 0. The second-order valence-corrected chi connectivity index (χ2v) is 19.4. The largest absolute Gasteiger partial charge is 0.507 e. The molecule has 0 saturated carbocycles. The molecule has 12 rings (SSSR count). The van der Waals surface area contributed by atoms with Crippen LogP contribution in [0.3, 0.4) is 0 Å². The number of phenolic OH excluding ortho intramolecular Hbond substituents is 1. The van der Waals surface area contributed by atoms with Gasteiger partial charge < -0.3 is 9.52 Å². The number of pyridine rings is 3. The average Bonchev–Trinajstić information content (AvgIpc) is 3.79. The van der Waals surface area contributed by atoms with Gasteiger partial charge in [0.25, 0.3) is 0 Å². The van der Waals surface area contributed by atoms with E-state index in [0.717, 1.165) is 71.9 Å². The fourth-order valence-electron chi connectivity index (χ4n) is 9.97. The van der Waals surface area contributed by atoms with Gasteiger partial charge in [-0.1, -0.05) is 171 Å². The summed E-state index contributed by atoms with van der Waals surface area (Å²) in [6.45, 7) is 13.0. The molecule has 1 radical (unpaired) electrons. The van der Waals surface area contributed by atoms with Crippen molar-refractivity contribution in [1.29, 1.82) is 0 Å². The van der Waals surface area contributed by atoms with Gasteiger partial charge in [0, 0.05) is 66.0 Å². The van der Waals surface area contributed by atoms with Gasteiger partial charge in [-0.05, 0) is 117 Å². The number of aryl methyl sites for hydroxylation is 2. The molecular formula is C67H52FIrN3O2-2. The summed E-state index contributed by atoms with van der Waals surface area (Å²) in [5, 5.41) is 17.5. The van der Waals surface area contributed by atoms with E-state index >= 15 is 0 Å². The Balaban J connectivity index is 0.000000167. The van der Waals surface area contributed by atoms with Crippen LogP contribution in [0.5, 0.6) is 5.75 Å². The molecule has 0 amide bonds. The van der Waals surface area contributed by atoms with Crippen molar-refractivity contribution < 1.29 is 34.0 Å². The van der Waals surface area contributed by atoms with Crippen LogP contribution in [0.4, 0.5) is 4.39 Å². The first-order valence-corrected chi connectivity index (χ1v) is 24.8. The average molecular weight is 1140 g/mol. The predicted molar refractivity (Wildman–Crippen MR) is 298 cm³/mol. The summed E-state index contributed by atoms with van der Waals surface area (Å²) in [6, 6.07) is 65.0. The van der Waals surface area contributed by atoms with Crippen molar-refractivity contribution in [2.24, 2.45) is 0 Å². The molecule has 0 unspecified atom stereocenters. The van der Waals surface area contributed by atoms with E-state index in [2.05, 4.69) is 179 Å². The van der Waals surface area contributed by atoms with E-state index in [-0.39, 0.29) is 43.5 Å². The molecule has 0 aliphatic carbocycles. The Kier molecular flexibility index (Phi) is 13.9. The van der Waals surface area contributed by atoms with Gasteiger partial charge in [-0.3, -0.25) is 19.3 Å². The van der Waals surface area contributed by atoms with Crippen LogP contribution < -0.4 is 0 Å². The van der Waals surface area contributed by atoms with Crippen LogP contribution >= 0.6 is 0 Å². The molecular weight excluding hydrogens is 1090 g/mol. The third-order valence-electron chi connectivity index (χ3n) is 13.6. The Morgan fingerprint density at radius 1 is 0.527 bits per heavy atom. The molecule has 0 aliphatic heterocycles. The first-order chi connectivity index (χ1) is 35.5. The van der Waals surface area contributed by atoms with Crippen molar-refractivity contribution in [1.82, 2.24) is 15.0 Å². The van der Waals surface area contributed by atoms with Gasteiger partial charge in [0.05, 0.1) is 11.3 Å². The van der Waals surface area contributed by atoms with Crippen LogP contribution in [0.2, 0.25) is 0 Å². The number of para-hydroxylation sites is 1. The molecule has 0 spiro atoms. The van der Waals surface area contributed by atoms with Crippen molar-refractivity contribution >= 4 is 43.5 Å². The van der Waals surface area contributed by atoms with Crippen molar-refractivity contribution in [3.8, 4) is 73.0 Å². The zero-order valence-corrected chi connectivity index (χ0v) is 44.4. The number of hydrogen-bond donors (Lipinski definition) is 1. The number of fused-ring (bicyclic) bond motifs is 7. The minimum atomic E-state index is -0.341. The van der Waals surface area contributed by atoms with Gasteiger partial charge >= 0.3 is 0 Å². The Hall–Kier alpha value is -8.09. The molecule has 365 valence electrons. The summed E-state index contributed by atoms with van der Waals surface area (Å²) in [5.41, 5.74) is 17.3. The summed E-state index contributed by atoms with van der Waals surface area (Å²) in [6.07, 6.45) is 3.69. The van der Waals surface area contributed by atoms with E-state index < -0.39 is 0 Å². The number of phenols is 1. The normalized spacial score (nSPS) is 11.4. The van der Waals surface area contributed by atoms with E-state index in [1.54, 1.807) is 18.2 Å². The van der Waals surface area contributed by atoms with Gasteiger partial charge in [-0.15, -0.1) is 42.0 Å². The molecule has 4 aromatic heterocycles. The van der Waals surface area contributed by atoms with E-state index in [1.807, 2.05) is 42.7 Å². The monoisotopic (exact) mass is 1140 g/mol. The van der Waals surface area contributed by atoms with Crippen molar-refractivity contribution in [2.75, 3.05) is 0 Å². The quantitative estimate of drug-likeness (QED) is 0.121. The molecule has 0 fully saturated rings. The third-order valence-corrected chi connectivity index (χ3v) is 13.6. The van der Waals surface area contributed by atoms with Crippen LogP contribution in [0.15, 0.2) is 193 Å². The van der Waals surface area contributed by atoms with Crippen molar-refractivity contribution in [3.63, 3.8) is 0 Å². The predicted octanol–water partition coefficient (Wildman–Crippen LogP) is 18.1. The summed E-state index contributed by atoms with van der Waals surface area (Å²) in [5.74, 6) is 0.368. The number of halogens is 1. The molecule has 74 heavy (non-hydrogen) atoms. The summed E-state index contributed by atoms with van der Waals surface area (Å²) < 4.78 is 20.4. The molecule has 4 heterocycles. The van der Waals surface area contributed by atoms with E-state index in [9.17, 15) is 9.50 Å². The SMILES string of the molecule is CC(C)c1cc(-c2ccccc2)cc(C(C)C)c1-c1cc(-c2[c-]cc(F)cc2)nc(-c2ccccc2O)c1.Cc1ccnc(-c2[c-]c(-c3cc(C)ccn3)c3oc4c(ccc5ccc6ccccc6c54)c3c2)c1.[Ir]. The zero-order chi connectivity index (χ0) is 50.3. The fourth-order valence-corrected chi connectivity index (χ4v) is 9.97. The maximum absolute atomic E-state index is 13.7. The van der Waals surface area contributed by atoms with Gasteiger partial charge in [0.2, 0.25) is 0 Å². The zero-order valence-electron chi connectivity index (χ0n) is 42.0. The molecule has 5 nitrogen and oxygen atoms in total. The molecule has 1 N–H and O–H groups in total. The van der Waals surface area contributed by atoms with Crippen molar-refractivity contribution in [2.45, 2.75) is 53.4 Å². The summed E-state index contributed by atoms with van der Waals surface area (Å²) in [4.78, 5) is 14.2. The van der Waals surface area contributed by atoms with Gasteiger partial charge in [0.1, 0.15) is 11.3 Å². The molecule has 0 atom stereocenters. The van der Waals surface area contributed by atoms with Crippen LogP contribution in [0.1, 0.15) is 61.8 Å². The second kappa shape index (κ2) is 20.8. The number of rotatable bonds is 8. The van der Waals surface area contributed by atoms with Crippen molar-refractivity contribution in [3.05, 3.63) is 229 Å². The van der Waals surface area contributed by atoms with E-state index in [4.69, 9.17) is 9.40 Å². The van der Waals surface area contributed by atoms with E-state index in [0.29, 0.717) is 22.5 Å². The first-order valence-electron chi connectivity index (χ1n) is 24.8. The smallest absolute Gasteiger partial charge is 0.131 e.